The highest BCUT2D eigenvalue weighted by Crippen LogP contribution is 2.17. The van der Waals surface area contributed by atoms with E-state index in [0.717, 1.165) is 34.7 Å². The van der Waals surface area contributed by atoms with Gasteiger partial charge in [0.15, 0.2) is 0 Å². The lowest BCUT2D eigenvalue weighted by Gasteiger charge is -2.07. The van der Waals surface area contributed by atoms with Gasteiger partial charge in [-0.3, -0.25) is 0 Å². The van der Waals surface area contributed by atoms with Gasteiger partial charge in [0.1, 0.15) is 11.6 Å². The Morgan fingerprint density at radius 3 is 2.61 bits per heavy atom. The number of halogens is 2. The van der Waals surface area contributed by atoms with Crippen molar-refractivity contribution >= 4 is 22.6 Å². The number of nitrogens with one attached hydrogen (secondary N) is 3. The highest BCUT2D eigenvalue weighted by Gasteiger charge is 2.06. The van der Waals surface area contributed by atoms with E-state index in [9.17, 15) is 13.6 Å². The summed E-state index contributed by atoms with van der Waals surface area (Å²) in [6, 6.07) is 10.3. The fourth-order valence-electron chi connectivity index (χ4n) is 2.45. The summed E-state index contributed by atoms with van der Waals surface area (Å²) in [5.41, 5.74) is 2.21. The molecule has 0 bridgehead atoms. The Morgan fingerprint density at radius 1 is 1.09 bits per heavy atom. The number of para-hydroxylation sites is 1. The van der Waals surface area contributed by atoms with Gasteiger partial charge in [-0.1, -0.05) is 18.2 Å². The molecule has 2 amide bonds. The number of benzene rings is 2. The second-order valence-electron chi connectivity index (χ2n) is 5.15. The second kappa shape index (κ2) is 6.48. The molecule has 3 rings (SSSR count). The van der Waals surface area contributed by atoms with E-state index in [-0.39, 0.29) is 5.69 Å². The SMILES string of the molecule is O=C(NCCc1c[nH]c2ccccc12)Nc1cc(F)cc(F)c1. The van der Waals surface area contributed by atoms with Crippen molar-refractivity contribution in [1.82, 2.24) is 10.3 Å². The van der Waals surface area contributed by atoms with E-state index >= 15 is 0 Å². The molecular formula is C17H15F2N3O. The van der Waals surface area contributed by atoms with Crippen LogP contribution in [0.1, 0.15) is 5.56 Å². The van der Waals surface area contributed by atoms with Gasteiger partial charge in [0.05, 0.1) is 0 Å². The summed E-state index contributed by atoms with van der Waals surface area (Å²) in [5, 5.41) is 6.18. The van der Waals surface area contributed by atoms with Gasteiger partial charge in [-0.15, -0.1) is 0 Å². The van der Waals surface area contributed by atoms with Crippen molar-refractivity contribution in [2.45, 2.75) is 6.42 Å². The van der Waals surface area contributed by atoms with Crippen molar-refractivity contribution in [3.05, 3.63) is 65.9 Å². The highest BCUT2D eigenvalue weighted by molar-refractivity contribution is 5.89. The van der Waals surface area contributed by atoms with Crippen molar-refractivity contribution in [3.63, 3.8) is 0 Å². The second-order valence-corrected chi connectivity index (χ2v) is 5.15. The zero-order valence-electron chi connectivity index (χ0n) is 12.2. The van der Waals surface area contributed by atoms with Crippen LogP contribution in [0.4, 0.5) is 19.3 Å². The van der Waals surface area contributed by atoms with Crippen LogP contribution in [0.2, 0.25) is 0 Å². The zero-order chi connectivity index (χ0) is 16.2. The first-order valence-corrected chi connectivity index (χ1v) is 7.18. The van der Waals surface area contributed by atoms with Gasteiger partial charge in [0.25, 0.3) is 0 Å². The average molecular weight is 315 g/mol. The number of carbonyl (C=O) groups is 1. The maximum absolute atomic E-state index is 13.0. The fraction of sp³-hybridized carbons (Fsp3) is 0.118. The lowest BCUT2D eigenvalue weighted by Crippen LogP contribution is -2.30. The first-order valence-electron chi connectivity index (χ1n) is 7.18. The first kappa shape index (κ1) is 15.0. The van der Waals surface area contributed by atoms with Crippen LogP contribution in [0.15, 0.2) is 48.7 Å². The number of aromatic nitrogens is 1. The average Bonchev–Trinajstić information content (AvgIpc) is 2.90. The highest BCUT2D eigenvalue weighted by atomic mass is 19.1. The largest absolute Gasteiger partial charge is 0.361 e. The molecule has 0 aliphatic carbocycles. The third-order valence-corrected chi connectivity index (χ3v) is 3.48. The van der Waals surface area contributed by atoms with E-state index in [4.69, 9.17) is 0 Å². The molecule has 0 aliphatic heterocycles. The zero-order valence-corrected chi connectivity index (χ0v) is 12.2. The molecule has 0 radical (unpaired) electrons. The summed E-state index contributed by atoms with van der Waals surface area (Å²) in [5.74, 6) is -1.47. The van der Waals surface area contributed by atoms with Gasteiger partial charge < -0.3 is 15.6 Å². The summed E-state index contributed by atoms with van der Waals surface area (Å²) < 4.78 is 26.1. The molecule has 2 aromatic carbocycles. The fourth-order valence-corrected chi connectivity index (χ4v) is 2.45. The van der Waals surface area contributed by atoms with Gasteiger partial charge in [-0.2, -0.15) is 0 Å². The molecule has 0 unspecified atom stereocenters. The molecule has 3 aromatic rings. The Kier molecular flexibility index (Phi) is 4.23. The monoisotopic (exact) mass is 315 g/mol. The number of amides is 2. The number of carbonyl (C=O) groups excluding carboxylic acids is 1. The maximum atomic E-state index is 13.0. The molecule has 1 heterocycles. The molecule has 0 aliphatic rings. The molecule has 0 fully saturated rings. The summed E-state index contributed by atoms with van der Waals surface area (Å²) in [4.78, 5) is 14.9. The molecule has 1 aromatic heterocycles. The van der Waals surface area contributed by atoms with Crippen LogP contribution in [0.5, 0.6) is 0 Å². The van der Waals surface area contributed by atoms with Crippen molar-refractivity contribution < 1.29 is 13.6 Å². The van der Waals surface area contributed by atoms with E-state index < -0.39 is 17.7 Å². The molecule has 0 saturated heterocycles. The topological polar surface area (TPSA) is 56.9 Å². The van der Waals surface area contributed by atoms with Crippen LogP contribution in [0.25, 0.3) is 10.9 Å². The number of hydrogen-bond acceptors (Lipinski definition) is 1. The minimum Gasteiger partial charge on any atom is -0.361 e. The van der Waals surface area contributed by atoms with E-state index in [0.29, 0.717) is 13.0 Å². The van der Waals surface area contributed by atoms with Crippen LogP contribution in [-0.4, -0.2) is 17.6 Å². The molecule has 0 atom stereocenters. The lowest BCUT2D eigenvalue weighted by molar-refractivity contribution is 0.252. The molecule has 3 N–H and O–H groups in total. The van der Waals surface area contributed by atoms with Crippen LogP contribution in [0, 0.1) is 11.6 Å². The van der Waals surface area contributed by atoms with Gasteiger partial charge >= 0.3 is 6.03 Å². The molecule has 23 heavy (non-hydrogen) atoms. The molecule has 0 spiro atoms. The number of anilines is 1. The van der Waals surface area contributed by atoms with Crippen molar-refractivity contribution in [2.24, 2.45) is 0 Å². The van der Waals surface area contributed by atoms with E-state index in [2.05, 4.69) is 15.6 Å². The van der Waals surface area contributed by atoms with Gasteiger partial charge in [-0.25, -0.2) is 13.6 Å². The van der Waals surface area contributed by atoms with Gasteiger partial charge in [0, 0.05) is 35.4 Å². The standard InChI is InChI=1S/C17H15F2N3O/c18-12-7-13(19)9-14(8-12)22-17(23)20-6-5-11-10-21-16-4-2-1-3-15(11)16/h1-4,7-10,21H,5-6H2,(H2,20,22,23). The minimum atomic E-state index is -0.737. The number of aromatic amines is 1. The lowest BCUT2D eigenvalue weighted by atomic mass is 10.1. The van der Waals surface area contributed by atoms with Crippen LogP contribution in [0.3, 0.4) is 0 Å². The Balaban J connectivity index is 1.55. The number of H-pyrrole nitrogens is 1. The minimum absolute atomic E-state index is 0.0760. The van der Waals surface area contributed by atoms with Crippen LogP contribution < -0.4 is 10.6 Å². The molecular weight excluding hydrogens is 300 g/mol. The van der Waals surface area contributed by atoms with Crippen molar-refractivity contribution in [2.75, 3.05) is 11.9 Å². The number of rotatable bonds is 4. The van der Waals surface area contributed by atoms with Gasteiger partial charge in [0.2, 0.25) is 0 Å². The van der Waals surface area contributed by atoms with E-state index in [1.807, 2.05) is 30.5 Å². The smallest absolute Gasteiger partial charge is 0.319 e. The Hall–Kier alpha value is -2.89. The maximum Gasteiger partial charge on any atom is 0.319 e. The number of hydrogen-bond donors (Lipinski definition) is 3. The summed E-state index contributed by atoms with van der Waals surface area (Å²) in [7, 11) is 0. The van der Waals surface area contributed by atoms with Crippen LogP contribution >= 0.6 is 0 Å². The summed E-state index contributed by atoms with van der Waals surface area (Å²) in [6.45, 7) is 0.408. The first-order chi connectivity index (χ1) is 11.1. The third kappa shape index (κ3) is 3.66. The van der Waals surface area contributed by atoms with E-state index in [1.54, 1.807) is 0 Å². The number of fused-ring (bicyclic) bond motifs is 1. The van der Waals surface area contributed by atoms with Crippen LogP contribution in [-0.2, 0) is 6.42 Å². The quantitative estimate of drug-likeness (QED) is 0.674. The molecule has 118 valence electrons. The Bertz CT molecular complexity index is 824. The Labute approximate surface area is 131 Å². The molecule has 4 nitrogen and oxygen atoms in total. The number of urea groups is 1. The van der Waals surface area contributed by atoms with Gasteiger partial charge in [-0.05, 0) is 30.2 Å². The predicted molar refractivity (Wildman–Crippen MR) is 85.4 cm³/mol. The predicted octanol–water partition coefficient (Wildman–Crippen LogP) is 3.81. The normalized spacial score (nSPS) is 10.7. The Morgan fingerprint density at radius 2 is 1.83 bits per heavy atom. The molecule has 0 saturated carbocycles. The van der Waals surface area contributed by atoms with E-state index in [1.165, 1.54) is 0 Å². The van der Waals surface area contributed by atoms with Crippen molar-refractivity contribution in [3.8, 4) is 0 Å². The summed E-state index contributed by atoms with van der Waals surface area (Å²) >= 11 is 0. The molecule has 6 heteroatoms. The summed E-state index contributed by atoms with van der Waals surface area (Å²) in [6.07, 6.45) is 2.56. The third-order valence-electron chi connectivity index (χ3n) is 3.48. The van der Waals surface area contributed by atoms with Crippen molar-refractivity contribution in [1.29, 1.82) is 0 Å².